The van der Waals surface area contributed by atoms with Gasteiger partial charge in [-0.25, -0.2) is 0 Å². The van der Waals surface area contributed by atoms with Crippen LogP contribution in [0.4, 0.5) is 5.69 Å². The topological polar surface area (TPSA) is 26.8 Å². The van der Waals surface area contributed by atoms with Gasteiger partial charge in [0.25, 0.3) is 0 Å². The highest BCUT2D eigenvalue weighted by atomic mass is 16.2. The average molecular weight is 337 g/mol. The molecule has 1 amide bonds. The Kier molecular flexibility index (Phi) is 5.71. The Labute approximate surface area is 150 Å². The van der Waals surface area contributed by atoms with Crippen molar-refractivity contribution in [2.24, 2.45) is 0 Å². The summed E-state index contributed by atoms with van der Waals surface area (Å²) in [5, 5.41) is 0. The lowest BCUT2D eigenvalue weighted by Gasteiger charge is -2.38. The third-order valence-electron chi connectivity index (χ3n) is 5.01. The van der Waals surface area contributed by atoms with E-state index in [0.29, 0.717) is 0 Å². The number of rotatable bonds is 5. The fourth-order valence-electron chi connectivity index (χ4n) is 3.28. The van der Waals surface area contributed by atoms with Crippen LogP contribution >= 0.6 is 0 Å². The Morgan fingerprint density at radius 3 is 2.12 bits per heavy atom. The molecule has 0 unspecified atom stereocenters. The minimum Gasteiger partial charge on any atom is -0.368 e. The van der Waals surface area contributed by atoms with Gasteiger partial charge in [-0.1, -0.05) is 48.5 Å². The van der Waals surface area contributed by atoms with E-state index in [-0.39, 0.29) is 11.9 Å². The van der Waals surface area contributed by atoms with E-state index < -0.39 is 0 Å². The molecule has 1 fully saturated rings. The highest BCUT2D eigenvalue weighted by Gasteiger charge is 2.27. The van der Waals surface area contributed by atoms with Gasteiger partial charge in [0, 0.05) is 38.4 Å². The van der Waals surface area contributed by atoms with Crippen molar-refractivity contribution in [3.63, 3.8) is 0 Å². The van der Waals surface area contributed by atoms with Gasteiger partial charge in [0.1, 0.15) is 0 Å². The maximum absolute atomic E-state index is 12.8. The van der Waals surface area contributed by atoms with Crippen LogP contribution in [0.3, 0.4) is 0 Å². The predicted octanol–water partition coefficient (Wildman–Crippen LogP) is 2.86. The molecule has 0 radical (unpaired) electrons. The molecule has 2 aromatic carbocycles. The maximum Gasteiger partial charge on any atom is 0.239 e. The molecule has 0 spiro atoms. The van der Waals surface area contributed by atoms with Gasteiger partial charge < -0.3 is 9.80 Å². The zero-order chi connectivity index (χ0) is 17.6. The predicted molar refractivity (Wildman–Crippen MR) is 103 cm³/mol. The Bertz CT molecular complexity index is 666. The molecule has 4 heteroatoms. The van der Waals surface area contributed by atoms with Crippen molar-refractivity contribution < 1.29 is 4.79 Å². The number of carbonyl (C=O) groups excluding carboxylic acids is 1. The third kappa shape index (κ3) is 4.40. The SMILES string of the molecule is C[C@@H](C(=O)N1CCN(c2ccccc2)CC1)N(C)Cc1ccccc1. The number of amides is 1. The molecule has 1 saturated heterocycles. The molecular weight excluding hydrogens is 310 g/mol. The van der Waals surface area contributed by atoms with Gasteiger partial charge in [0.05, 0.1) is 6.04 Å². The lowest BCUT2D eigenvalue weighted by molar-refractivity contribution is -0.136. The fourth-order valence-corrected chi connectivity index (χ4v) is 3.28. The monoisotopic (exact) mass is 337 g/mol. The van der Waals surface area contributed by atoms with Crippen LogP contribution in [-0.4, -0.2) is 55.0 Å². The van der Waals surface area contributed by atoms with Crippen LogP contribution in [0.5, 0.6) is 0 Å². The number of nitrogens with zero attached hydrogens (tertiary/aromatic N) is 3. The van der Waals surface area contributed by atoms with Crippen molar-refractivity contribution in [1.82, 2.24) is 9.80 Å². The van der Waals surface area contributed by atoms with Crippen LogP contribution in [0.25, 0.3) is 0 Å². The number of benzene rings is 2. The molecule has 4 nitrogen and oxygen atoms in total. The quantitative estimate of drug-likeness (QED) is 0.839. The summed E-state index contributed by atoms with van der Waals surface area (Å²) in [7, 11) is 2.02. The molecule has 0 saturated carbocycles. The maximum atomic E-state index is 12.8. The lowest BCUT2D eigenvalue weighted by atomic mass is 10.1. The van der Waals surface area contributed by atoms with Crippen LogP contribution in [0.15, 0.2) is 60.7 Å². The highest BCUT2D eigenvalue weighted by molar-refractivity contribution is 5.81. The number of piperazine rings is 1. The van der Waals surface area contributed by atoms with Gasteiger partial charge in [-0.05, 0) is 31.7 Å². The first-order chi connectivity index (χ1) is 12.1. The van der Waals surface area contributed by atoms with Crippen molar-refractivity contribution in [3.8, 4) is 0 Å². The third-order valence-corrected chi connectivity index (χ3v) is 5.01. The number of carbonyl (C=O) groups is 1. The van der Waals surface area contributed by atoms with E-state index in [4.69, 9.17) is 0 Å². The van der Waals surface area contributed by atoms with E-state index in [1.54, 1.807) is 0 Å². The van der Waals surface area contributed by atoms with Gasteiger partial charge in [0.15, 0.2) is 0 Å². The van der Waals surface area contributed by atoms with E-state index in [0.717, 1.165) is 32.7 Å². The molecule has 25 heavy (non-hydrogen) atoms. The summed E-state index contributed by atoms with van der Waals surface area (Å²) in [5.41, 5.74) is 2.47. The largest absolute Gasteiger partial charge is 0.368 e. The summed E-state index contributed by atoms with van der Waals surface area (Å²) in [5.74, 6) is 0.228. The molecule has 1 atom stereocenters. The molecule has 0 bridgehead atoms. The van der Waals surface area contributed by atoms with E-state index in [1.807, 2.05) is 43.1 Å². The van der Waals surface area contributed by atoms with Crippen molar-refractivity contribution in [2.75, 3.05) is 38.1 Å². The summed E-state index contributed by atoms with van der Waals surface area (Å²) in [6, 6.07) is 20.6. The number of hydrogen-bond acceptors (Lipinski definition) is 3. The summed E-state index contributed by atoms with van der Waals surface area (Å²) in [4.78, 5) is 19.3. The van der Waals surface area contributed by atoms with Crippen molar-refractivity contribution in [2.45, 2.75) is 19.5 Å². The van der Waals surface area contributed by atoms with Gasteiger partial charge in [-0.15, -0.1) is 0 Å². The molecular formula is C21H27N3O. The molecule has 0 aliphatic carbocycles. The van der Waals surface area contributed by atoms with Gasteiger partial charge in [-0.2, -0.15) is 0 Å². The van der Waals surface area contributed by atoms with Crippen LogP contribution in [0.1, 0.15) is 12.5 Å². The molecule has 132 valence electrons. The number of para-hydroxylation sites is 1. The number of likely N-dealkylation sites (N-methyl/N-ethyl adjacent to an activating group) is 1. The molecule has 1 aliphatic rings. The van der Waals surface area contributed by atoms with Gasteiger partial charge >= 0.3 is 0 Å². The second-order valence-electron chi connectivity index (χ2n) is 6.72. The fraction of sp³-hybridized carbons (Fsp3) is 0.381. The highest BCUT2D eigenvalue weighted by Crippen LogP contribution is 2.17. The van der Waals surface area contributed by atoms with Crippen molar-refractivity contribution in [3.05, 3.63) is 66.2 Å². The Balaban J connectivity index is 1.53. The van der Waals surface area contributed by atoms with Crippen LogP contribution in [0.2, 0.25) is 0 Å². The van der Waals surface area contributed by atoms with E-state index in [2.05, 4.69) is 46.2 Å². The first kappa shape index (κ1) is 17.5. The second-order valence-corrected chi connectivity index (χ2v) is 6.72. The van der Waals surface area contributed by atoms with Gasteiger partial charge in [-0.3, -0.25) is 9.69 Å². The van der Waals surface area contributed by atoms with Crippen LogP contribution in [0, 0.1) is 0 Å². The number of anilines is 1. The van der Waals surface area contributed by atoms with Crippen LogP contribution in [-0.2, 0) is 11.3 Å². The summed E-state index contributed by atoms with van der Waals surface area (Å²) < 4.78 is 0. The second kappa shape index (κ2) is 8.17. The lowest BCUT2D eigenvalue weighted by Crippen LogP contribution is -2.53. The molecule has 1 aliphatic heterocycles. The Hall–Kier alpha value is -2.33. The molecule has 1 heterocycles. The van der Waals surface area contributed by atoms with Crippen molar-refractivity contribution >= 4 is 11.6 Å². The Morgan fingerprint density at radius 2 is 1.52 bits per heavy atom. The standard InChI is InChI=1S/C21H27N3O/c1-18(22(2)17-19-9-5-3-6-10-19)21(25)24-15-13-23(14-16-24)20-11-7-4-8-12-20/h3-12,18H,13-17H2,1-2H3/t18-/m0/s1. The average Bonchev–Trinajstić information content (AvgIpc) is 2.68. The summed E-state index contributed by atoms with van der Waals surface area (Å²) >= 11 is 0. The number of hydrogen-bond donors (Lipinski definition) is 0. The minimum absolute atomic E-state index is 0.108. The molecule has 0 aromatic heterocycles. The first-order valence-electron chi connectivity index (χ1n) is 8.98. The van der Waals surface area contributed by atoms with Crippen LogP contribution < -0.4 is 4.90 Å². The molecule has 2 aromatic rings. The zero-order valence-electron chi connectivity index (χ0n) is 15.1. The normalized spacial score (nSPS) is 16.1. The smallest absolute Gasteiger partial charge is 0.239 e. The van der Waals surface area contributed by atoms with Crippen molar-refractivity contribution in [1.29, 1.82) is 0 Å². The molecule has 0 N–H and O–H groups in total. The molecule has 3 rings (SSSR count). The van der Waals surface area contributed by atoms with Gasteiger partial charge in [0.2, 0.25) is 5.91 Å². The van der Waals surface area contributed by atoms with E-state index >= 15 is 0 Å². The first-order valence-corrected chi connectivity index (χ1v) is 8.98. The summed E-state index contributed by atoms with van der Waals surface area (Å²) in [6.45, 7) is 6.16. The zero-order valence-corrected chi connectivity index (χ0v) is 15.1. The summed E-state index contributed by atoms with van der Waals surface area (Å²) in [6.07, 6.45) is 0. The Morgan fingerprint density at radius 1 is 0.960 bits per heavy atom. The van der Waals surface area contributed by atoms with E-state index in [9.17, 15) is 4.79 Å². The minimum atomic E-state index is -0.108. The van der Waals surface area contributed by atoms with E-state index in [1.165, 1.54) is 11.3 Å².